The Morgan fingerprint density at radius 2 is 1.74 bits per heavy atom. The van der Waals surface area contributed by atoms with Gasteiger partial charge in [0.05, 0.1) is 4.91 Å². The van der Waals surface area contributed by atoms with Gasteiger partial charge in [-0.1, -0.05) is 55.2 Å². The van der Waals surface area contributed by atoms with Crippen LogP contribution in [-0.4, -0.2) is 58.2 Å². The number of thiocarbonyl (C=S) groups is 1. The quantitative estimate of drug-likeness (QED) is 0.509. The lowest BCUT2D eigenvalue weighted by atomic mass is 10.0. The van der Waals surface area contributed by atoms with E-state index in [0.717, 1.165) is 49.3 Å². The Morgan fingerprint density at radius 1 is 1.13 bits per heavy atom. The van der Waals surface area contributed by atoms with Crippen LogP contribution in [0.5, 0.6) is 0 Å². The van der Waals surface area contributed by atoms with Crippen molar-refractivity contribution in [3.8, 4) is 0 Å². The molecule has 5 nitrogen and oxygen atoms in total. The Labute approximate surface area is 194 Å². The standard InChI is InChI=1S/C24H31N3O2S2/c1-16(2)26-11-13-27(14-12-26)23(29)20-9-7-19(8-10-20)18(4)6-5-17(3)15-21-22(28)25-24(30)31-21/h6-10,15-17H,5,11-14H2,1-4H3,(H,25,28,30)/b18-6+,21-15-. The van der Waals surface area contributed by atoms with E-state index in [1.807, 2.05) is 35.2 Å². The predicted molar refractivity (Wildman–Crippen MR) is 133 cm³/mol. The number of rotatable bonds is 6. The number of piperazine rings is 1. The maximum atomic E-state index is 12.8. The van der Waals surface area contributed by atoms with Gasteiger partial charge in [0.1, 0.15) is 4.32 Å². The SMILES string of the molecule is C/C(=C\CC(C)/C=C1\SC(=S)NC1=O)c1ccc(C(=O)N2CCN(C(C)C)CC2)cc1. The Balaban J connectivity index is 1.56. The van der Waals surface area contributed by atoms with Gasteiger partial charge in [-0.15, -0.1) is 0 Å². The van der Waals surface area contributed by atoms with Gasteiger partial charge in [0.15, 0.2) is 0 Å². The highest BCUT2D eigenvalue weighted by Gasteiger charge is 2.24. The Morgan fingerprint density at radius 3 is 2.29 bits per heavy atom. The number of benzene rings is 1. The van der Waals surface area contributed by atoms with E-state index < -0.39 is 0 Å². The molecular weight excluding hydrogens is 426 g/mol. The van der Waals surface area contributed by atoms with Crippen molar-refractivity contribution in [2.75, 3.05) is 26.2 Å². The van der Waals surface area contributed by atoms with Gasteiger partial charge in [0, 0.05) is 37.8 Å². The summed E-state index contributed by atoms with van der Waals surface area (Å²) in [5.41, 5.74) is 3.01. The second-order valence-corrected chi connectivity index (χ2v) is 10.2. The molecular formula is C24H31N3O2S2. The summed E-state index contributed by atoms with van der Waals surface area (Å²) < 4.78 is 0.520. The second kappa shape index (κ2) is 10.6. The topological polar surface area (TPSA) is 52.7 Å². The Bertz CT molecular complexity index is 898. The van der Waals surface area contributed by atoms with Gasteiger partial charge in [-0.25, -0.2) is 0 Å². The second-order valence-electron chi connectivity index (χ2n) is 8.47. The molecule has 1 aromatic carbocycles. The molecule has 0 spiro atoms. The van der Waals surface area contributed by atoms with E-state index in [1.54, 1.807) is 0 Å². The lowest BCUT2D eigenvalue weighted by Gasteiger charge is -2.37. The summed E-state index contributed by atoms with van der Waals surface area (Å²) >= 11 is 6.35. The molecule has 7 heteroatoms. The van der Waals surface area contributed by atoms with Crippen LogP contribution < -0.4 is 5.32 Å². The molecule has 2 heterocycles. The summed E-state index contributed by atoms with van der Waals surface area (Å²) in [6.07, 6.45) is 4.99. The van der Waals surface area contributed by atoms with Crippen molar-refractivity contribution in [2.24, 2.45) is 5.92 Å². The predicted octanol–water partition coefficient (Wildman–Crippen LogP) is 4.31. The average Bonchev–Trinajstić information content (AvgIpc) is 3.08. The van der Waals surface area contributed by atoms with E-state index in [4.69, 9.17) is 12.2 Å². The largest absolute Gasteiger partial charge is 0.336 e. The molecule has 0 bridgehead atoms. The fourth-order valence-corrected chi connectivity index (χ4v) is 4.89. The Kier molecular flexibility index (Phi) is 8.08. The zero-order chi connectivity index (χ0) is 22.5. The molecule has 3 rings (SSSR count). The molecule has 0 aliphatic carbocycles. The van der Waals surface area contributed by atoms with E-state index >= 15 is 0 Å². The molecule has 2 amide bonds. The van der Waals surface area contributed by atoms with Crippen LogP contribution >= 0.6 is 24.0 Å². The zero-order valence-corrected chi connectivity index (χ0v) is 20.3. The molecule has 2 saturated heterocycles. The van der Waals surface area contributed by atoms with Crippen molar-refractivity contribution in [1.29, 1.82) is 0 Å². The molecule has 0 radical (unpaired) electrons. The highest BCUT2D eigenvalue weighted by molar-refractivity contribution is 8.26. The molecule has 1 atom stereocenters. The normalized spacial score (nSPS) is 20.5. The van der Waals surface area contributed by atoms with E-state index in [-0.39, 0.29) is 17.7 Å². The summed E-state index contributed by atoms with van der Waals surface area (Å²) in [6, 6.07) is 8.42. The molecule has 1 aromatic rings. The summed E-state index contributed by atoms with van der Waals surface area (Å²) in [5, 5.41) is 2.65. The molecule has 166 valence electrons. The first-order valence-electron chi connectivity index (χ1n) is 10.8. The first kappa shape index (κ1) is 23.7. The van der Waals surface area contributed by atoms with E-state index in [1.165, 1.54) is 11.8 Å². The van der Waals surface area contributed by atoms with Crippen LogP contribution in [-0.2, 0) is 4.79 Å². The van der Waals surface area contributed by atoms with Crippen molar-refractivity contribution in [1.82, 2.24) is 15.1 Å². The maximum Gasteiger partial charge on any atom is 0.263 e. The third-order valence-corrected chi connectivity index (χ3v) is 6.97. The molecule has 1 N–H and O–H groups in total. The van der Waals surface area contributed by atoms with Gasteiger partial charge in [0.2, 0.25) is 0 Å². The minimum Gasteiger partial charge on any atom is -0.336 e. The number of amides is 2. The van der Waals surface area contributed by atoms with Crippen molar-refractivity contribution >= 4 is 45.7 Å². The number of allylic oxidation sites excluding steroid dienone is 3. The maximum absolute atomic E-state index is 12.8. The van der Waals surface area contributed by atoms with Crippen LogP contribution in [0.2, 0.25) is 0 Å². The van der Waals surface area contributed by atoms with Gasteiger partial charge in [-0.2, -0.15) is 0 Å². The molecule has 31 heavy (non-hydrogen) atoms. The van der Waals surface area contributed by atoms with Gasteiger partial charge in [-0.05, 0) is 56.4 Å². The van der Waals surface area contributed by atoms with E-state index in [9.17, 15) is 9.59 Å². The summed E-state index contributed by atoms with van der Waals surface area (Å²) in [6.45, 7) is 12.0. The third kappa shape index (κ3) is 6.28. The zero-order valence-electron chi connectivity index (χ0n) is 18.7. The van der Waals surface area contributed by atoms with Crippen molar-refractivity contribution in [3.63, 3.8) is 0 Å². The van der Waals surface area contributed by atoms with Crippen LogP contribution in [0, 0.1) is 5.92 Å². The molecule has 2 aliphatic rings. The number of carbonyl (C=O) groups excluding carboxylic acids is 2. The van der Waals surface area contributed by atoms with Gasteiger partial charge in [0.25, 0.3) is 11.8 Å². The molecule has 0 aromatic heterocycles. The molecule has 0 saturated carbocycles. The Hall–Kier alpha value is -1.96. The van der Waals surface area contributed by atoms with Crippen molar-refractivity contribution < 1.29 is 9.59 Å². The summed E-state index contributed by atoms with van der Waals surface area (Å²) in [4.78, 5) is 29.7. The third-order valence-electron chi connectivity index (χ3n) is 5.79. The number of carbonyl (C=O) groups is 2. The highest BCUT2D eigenvalue weighted by Crippen LogP contribution is 2.26. The van der Waals surface area contributed by atoms with Gasteiger partial charge >= 0.3 is 0 Å². The fraction of sp³-hybridized carbons (Fsp3) is 0.458. The van der Waals surface area contributed by atoms with Crippen LogP contribution in [0.1, 0.15) is 50.0 Å². The summed E-state index contributed by atoms with van der Waals surface area (Å²) in [5.74, 6) is 0.241. The summed E-state index contributed by atoms with van der Waals surface area (Å²) in [7, 11) is 0. The van der Waals surface area contributed by atoms with Crippen molar-refractivity contribution in [2.45, 2.75) is 40.2 Å². The van der Waals surface area contributed by atoms with E-state index in [2.05, 4.69) is 44.0 Å². The molecule has 2 aliphatic heterocycles. The number of thioether (sulfide) groups is 1. The van der Waals surface area contributed by atoms with Crippen LogP contribution in [0.25, 0.3) is 5.57 Å². The first-order chi connectivity index (χ1) is 14.7. The smallest absolute Gasteiger partial charge is 0.263 e. The number of nitrogens with one attached hydrogen (secondary N) is 1. The van der Waals surface area contributed by atoms with Gasteiger partial charge < -0.3 is 10.2 Å². The van der Waals surface area contributed by atoms with Gasteiger partial charge in [-0.3, -0.25) is 14.5 Å². The average molecular weight is 458 g/mol. The number of nitrogens with zero attached hydrogens (tertiary/aromatic N) is 2. The number of hydrogen-bond acceptors (Lipinski definition) is 5. The van der Waals surface area contributed by atoms with Crippen LogP contribution in [0.3, 0.4) is 0 Å². The fourth-order valence-electron chi connectivity index (χ4n) is 3.74. The van der Waals surface area contributed by atoms with Crippen LogP contribution in [0.15, 0.2) is 41.3 Å². The van der Waals surface area contributed by atoms with E-state index in [0.29, 0.717) is 15.3 Å². The first-order valence-corrected chi connectivity index (χ1v) is 12.0. The van der Waals surface area contributed by atoms with Crippen molar-refractivity contribution in [3.05, 3.63) is 52.4 Å². The minimum atomic E-state index is -0.103. The molecule has 2 fully saturated rings. The lowest BCUT2D eigenvalue weighted by molar-refractivity contribution is -0.115. The number of hydrogen-bond donors (Lipinski definition) is 1. The van der Waals surface area contributed by atoms with Crippen LogP contribution in [0.4, 0.5) is 0 Å². The monoisotopic (exact) mass is 457 g/mol. The lowest BCUT2D eigenvalue weighted by Crippen LogP contribution is -2.50. The molecule has 1 unspecified atom stereocenters. The highest BCUT2D eigenvalue weighted by atomic mass is 32.2. The minimum absolute atomic E-state index is 0.103.